The van der Waals surface area contributed by atoms with Gasteiger partial charge in [0.1, 0.15) is 5.54 Å². The van der Waals surface area contributed by atoms with Gasteiger partial charge >= 0.3 is 5.97 Å². The number of carboxylic acid groups (broad SMARTS) is 1. The van der Waals surface area contributed by atoms with Crippen molar-refractivity contribution in [1.29, 1.82) is 0 Å². The molecule has 1 aliphatic heterocycles. The van der Waals surface area contributed by atoms with Crippen LogP contribution in [0.2, 0.25) is 0 Å². The Morgan fingerprint density at radius 2 is 2.12 bits per heavy atom. The molecule has 1 heterocycles. The van der Waals surface area contributed by atoms with E-state index in [-0.39, 0.29) is 0 Å². The fourth-order valence-electron chi connectivity index (χ4n) is 2.13. The summed E-state index contributed by atoms with van der Waals surface area (Å²) in [6.45, 7) is 5.98. The number of carbonyl (C=O) groups is 1. The van der Waals surface area contributed by atoms with Crippen molar-refractivity contribution in [2.45, 2.75) is 37.8 Å². The average Bonchev–Trinajstić information content (AvgIpc) is 3.11. The molecule has 1 atom stereocenters. The minimum absolute atomic E-state index is 0.417. The quantitative estimate of drug-likeness (QED) is 0.701. The van der Waals surface area contributed by atoms with Crippen molar-refractivity contribution in [1.82, 2.24) is 10.2 Å². The van der Waals surface area contributed by atoms with E-state index in [0.29, 0.717) is 12.5 Å². The van der Waals surface area contributed by atoms with Crippen molar-refractivity contribution in [3.05, 3.63) is 0 Å². The maximum absolute atomic E-state index is 11.4. The number of hydrogen-bond donors (Lipinski definition) is 2. The molecule has 1 saturated heterocycles. The number of nitrogens with zero attached hydrogens (tertiary/aromatic N) is 1. The van der Waals surface area contributed by atoms with Crippen LogP contribution < -0.4 is 5.32 Å². The number of carboxylic acids is 1. The molecule has 0 aromatic rings. The smallest absolute Gasteiger partial charge is 0.323 e. The fraction of sp³-hybridized carbons (Fsp3) is 0.917. The van der Waals surface area contributed by atoms with Crippen LogP contribution >= 0.6 is 0 Å². The largest absolute Gasteiger partial charge is 0.480 e. The Bertz CT molecular complexity index is 275. The molecule has 1 unspecified atom stereocenters. The molecule has 1 aliphatic carbocycles. The van der Waals surface area contributed by atoms with Crippen LogP contribution in [0.1, 0.15) is 26.2 Å². The number of hydrogen-bond acceptors (Lipinski definition) is 4. The molecule has 17 heavy (non-hydrogen) atoms. The van der Waals surface area contributed by atoms with Gasteiger partial charge in [0, 0.05) is 25.7 Å². The molecular weight excluding hydrogens is 220 g/mol. The molecule has 98 valence electrons. The average molecular weight is 242 g/mol. The molecule has 0 radical (unpaired) electrons. The molecule has 2 N–H and O–H groups in total. The van der Waals surface area contributed by atoms with Crippen LogP contribution in [0, 0.1) is 0 Å². The predicted octanol–water partition coefficient (Wildman–Crippen LogP) is 0.304. The normalized spacial score (nSPS) is 25.5. The van der Waals surface area contributed by atoms with Crippen LogP contribution in [0.25, 0.3) is 0 Å². The van der Waals surface area contributed by atoms with Gasteiger partial charge in [0.15, 0.2) is 0 Å². The maximum Gasteiger partial charge on any atom is 0.323 e. The molecular formula is C12H22N2O3. The van der Waals surface area contributed by atoms with Crippen LogP contribution in [0.4, 0.5) is 0 Å². The number of ether oxygens (including phenoxy) is 1. The van der Waals surface area contributed by atoms with Gasteiger partial charge in [-0.3, -0.25) is 15.0 Å². The third kappa shape index (κ3) is 3.66. The summed E-state index contributed by atoms with van der Waals surface area (Å²) in [6.07, 6.45) is 2.87. The van der Waals surface area contributed by atoms with Gasteiger partial charge < -0.3 is 9.84 Å². The van der Waals surface area contributed by atoms with Crippen molar-refractivity contribution >= 4 is 5.97 Å². The molecule has 0 bridgehead atoms. The van der Waals surface area contributed by atoms with Crippen molar-refractivity contribution in [3.63, 3.8) is 0 Å². The molecule has 2 rings (SSSR count). The number of rotatable bonds is 6. The fourth-order valence-corrected chi connectivity index (χ4v) is 2.13. The zero-order valence-electron chi connectivity index (χ0n) is 10.4. The van der Waals surface area contributed by atoms with Crippen molar-refractivity contribution in [2.75, 3.05) is 32.8 Å². The highest BCUT2D eigenvalue weighted by Crippen LogP contribution is 2.24. The first-order valence-electron chi connectivity index (χ1n) is 6.41. The van der Waals surface area contributed by atoms with Gasteiger partial charge in [0.25, 0.3) is 0 Å². The lowest BCUT2D eigenvalue weighted by atomic mass is 9.97. The second-order valence-electron chi connectivity index (χ2n) is 5.26. The van der Waals surface area contributed by atoms with Gasteiger partial charge in [0.2, 0.25) is 0 Å². The van der Waals surface area contributed by atoms with Gasteiger partial charge in [-0.2, -0.15) is 0 Å². The molecule has 2 fully saturated rings. The number of morpholine rings is 1. The van der Waals surface area contributed by atoms with E-state index in [4.69, 9.17) is 4.74 Å². The van der Waals surface area contributed by atoms with E-state index in [1.807, 2.05) is 0 Å². The van der Waals surface area contributed by atoms with Crippen LogP contribution in [0.15, 0.2) is 0 Å². The summed E-state index contributed by atoms with van der Waals surface area (Å²) in [5.41, 5.74) is -0.778. The first kappa shape index (κ1) is 12.8. The van der Waals surface area contributed by atoms with E-state index in [1.165, 1.54) is 0 Å². The van der Waals surface area contributed by atoms with Gasteiger partial charge in [0.05, 0.1) is 13.2 Å². The van der Waals surface area contributed by atoms with Crippen LogP contribution in [0.5, 0.6) is 0 Å². The van der Waals surface area contributed by atoms with E-state index in [0.717, 1.165) is 45.7 Å². The monoisotopic (exact) mass is 242 g/mol. The van der Waals surface area contributed by atoms with E-state index in [1.54, 1.807) is 6.92 Å². The lowest BCUT2D eigenvalue weighted by Crippen LogP contribution is -2.53. The Kier molecular flexibility index (Phi) is 4.01. The Morgan fingerprint density at radius 3 is 2.65 bits per heavy atom. The summed E-state index contributed by atoms with van der Waals surface area (Å²) in [7, 11) is 0. The van der Waals surface area contributed by atoms with E-state index in [2.05, 4.69) is 10.2 Å². The summed E-state index contributed by atoms with van der Waals surface area (Å²) in [5, 5.41) is 12.6. The summed E-state index contributed by atoms with van der Waals surface area (Å²) < 4.78 is 5.28. The second kappa shape index (κ2) is 5.33. The van der Waals surface area contributed by atoms with Gasteiger partial charge in [-0.15, -0.1) is 0 Å². The number of nitrogens with one attached hydrogen (secondary N) is 1. The van der Waals surface area contributed by atoms with Crippen molar-refractivity contribution in [3.8, 4) is 0 Å². The second-order valence-corrected chi connectivity index (χ2v) is 5.26. The minimum Gasteiger partial charge on any atom is -0.480 e. The zero-order chi connectivity index (χ0) is 12.3. The molecule has 0 aromatic carbocycles. The van der Waals surface area contributed by atoms with E-state index >= 15 is 0 Å². The topological polar surface area (TPSA) is 61.8 Å². The highest BCUT2D eigenvalue weighted by molar-refractivity contribution is 5.78. The van der Waals surface area contributed by atoms with Crippen molar-refractivity contribution in [2.24, 2.45) is 0 Å². The zero-order valence-corrected chi connectivity index (χ0v) is 10.4. The highest BCUT2D eigenvalue weighted by Gasteiger charge is 2.38. The van der Waals surface area contributed by atoms with Crippen LogP contribution in [0.3, 0.4) is 0 Å². The van der Waals surface area contributed by atoms with Crippen LogP contribution in [-0.2, 0) is 9.53 Å². The summed E-state index contributed by atoms with van der Waals surface area (Å²) >= 11 is 0. The predicted molar refractivity (Wildman–Crippen MR) is 64.1 cm³/mol. The van der Waals surface area contributed by atoms with Gasteiger partial charge in [-0.25, -0.2) is 0 Å². The molecule has 0 spiro atoms. The van der Waals surface area contributed by atoms with E-state index in [9.17, 15) is 9.90 Å². The Balaban J connectivity index is 1.81. The molecule has 5 heteroatoms. The molecule has 0 amide bonds. The highest BCUT2D eigenvalue weighted by atomic mass is 16.5. The first-order chi connectivity index (χ1) is 8.10. The van der Waals surface area contributed by atoms with Crippen molar-refractivity contribution < 1.29 is 14.6 Å². The molecule has 1 saturated carbocycles. The Hall–Kier alpha value is -0.650. The maximum atomic E-state index is 11.4. The van der Waals surface area contributed by atoms with E-state index < -0.39 is 11.5 Å². The standard InChI is InChI=1S/C12H22N2O3/c1-12(11(15)16,13-10-2-3-10)4-5-14-6-8-17-9-7-14/h10,13H,2-9H2,1H3,(H,15,16). The Morgan fingerprint density at radius 1 is 1.47 bits per heavy atom. The summed E-state index contributed by atoms with van der Waals surface area (Å²) in [5.74, 6) is -0.738. The summed E-state index contributed by atoms with van der Waals surface area (Å²) in [4.78, 5) is 13.6. The lowest BCUT2D eigenvalue weighted by molar-refractivity contribution is -0.144. The van der Waals surface area contributed by atoms with Gasteiger partial charge in [-0.05, 0) is 26.2 Å². The first-order valence-corrected chi connectivity index (χ1v) is 6.41. The minimum atomic E-state index is -0.778. The summed E-state index contributed by atoms with van der Waals surface area (Å²) in [6, 6.07) is 0.417. The Labute approximate surface area is 102 Å². The SMILES string of the molecule is CC(CCN1CCOCC1)(NC1CC1)C(=O)O. The van der Waals surface area contributed by atoms with Gasteiger partial charge in [-0.1, -0.05) is 0 Å². The molecule has 0 aromatic heterocycles. The molecule has 2 aliphatic rings. The lowest BCUT2D eigenvalue weighted by Gasteiger charge is -2.32. The number of aliphatic carboxylic acids is 1. The third-order valence-corrected chi connectivity index (χ3v) is 3.60. The third-order valence-electron chi connectivity index (χ3n) is 3.60. The van der Waals surface area contributed by atoms with Crippen LogP contribution in [-0.4, -0.2) is 60.4 Å². The molecule has 5 nitrogen and oxygen atoms in total.